The fourth-order valence-electron chi connectivity index (χ4n) is 2.29. The second-order valence-electron chi connectivity index (χ2n) is 3.90. The highest BCUT2D eigenvalue weighted by molar-refractivity contribution is 5.32. The molecule has 0 aromatic carbocycles. The van der Waals surface area contributed by atoms with Crippen LogP contribution in [0, 0.1) is 0 Å². The molecule has 2 fully saturated rings. The summed E-state index contributed by atoms with van der Waals surface area (Å²) in [4.78, 5) is 4.00. The van der Waals surface area contributed by atoms with Crippen molar-refractivity contribution in [3.8, 4) is 0 Å². The van der Waals surface area contributed by atoms with Crippen molar-refractivity contribution in [2.24, 2.45) is 0 Å². The van der Waals surface area contributed by atoms with Crippen LogP contribution in [0.25, 0.3) is 0 Å². The van der Waals surface area contributed by atoms with Crippen LogP contribution in [0.1, 0.15) is 19.3 Å². The van der Waals surface area contributed by atoms with Gasteiger partial charge in [-0.05, 0) is 19.3 Å². The van der Waals surface area contributed by atoms with E-state index in [0.717, 1.165) is 12.8 Å². The molecule has 76 valence electrons. The molecule has 3 heterocycles. The first kappa shape index (κ1) is 8.05. The van der Waals surface area contributed by atoms with Crippen molar-refractivity contribution in [1.82, 2.24) is 15.2 Å². The Morgan fingerprint density at radius 2 is 2.43 bits per heavy atom. The smallest absolute Gasteiger partial charge is 0.243 e. The van der Waals surface area contributed by atoms with E-state index in [9.17, 15) is 0 Å². The third-order valence-electron chi connectivity index (χ3n) is 2.92. The van der Waals surface area contributed by atoms with Gasteiger partial charge in [-0.3, -0.25) is 0 Å². The lowest BCUT2D eigenvalue weighted by atomic mass is 9.96. The summed E-state index contributed by atoms with van der Waals surface area (Å²) in [5, 5.41) is 9.77. The number of nitrogen functional groups attached to an aromatic ring is 1. The molecule has 2 bridgehead atoms. The van der Waals surface area contributed by atoms with E-state index in [0.29, 0.717) is 30.1 Å². The second kappa shape index (κ2) is 2.84. The molecule has 0 aliphatic carbocycles. The molecule has 2 aliphatic heterocycles. The Morgan fingerprint density at radius 1 is 1.50 bits per heavy atom. The van der Waals surface area contributed by atoms with Gasteiger partial charge in [-0.25, -0.2) is 5.10 Å². The van der Waals surface area contributed by atoms with Gasteiger partial charge >= 0.3 is 0 Å². The number of nitrogens with zero attached hydrogens (tertiary/aromatic N) is 2. The Labute approximate surface area is 81.2 Å². The number of rotatable bonds is 2. The number of aromatic nitrogens is 3. The molecule has 0 amide bonds. The SMILES string of the molecule is Nc1nc(NC2CC3CCC2O3)n[nH]1. The van der Waals surface area contributed by atoms with E-state index in [1.54, 1.807) is 0 Å². The van der Waals surface area contributed by atoms with Gasteiger partial charge in [-0.1, -0.05) is 0 Å². The number of fused-ring (bicyclic) bond motifs is 2. The molecule has 3 unspecified atom stereocenters. The Hall–Kier alpha value is -1.30. The first-order valence-electron chi connectivity index (χ1n) is 4.91. The molecule has 6 nitrogen and oxygen atoms in total. The largest absolute Gasteiger partial charge is 0.373 e. The third-order valence-corrected chi connectivity index (χ3v) is 2.92. The molecule has 6 heteroatoms. The Balaban J connectivity index is 1.68. The number of ether oxygens (including phenoxy) is 1. The van der Waals surface area contributed by atoms with Crippen LogP contribution in [-0.4, -0.2) is 33.4 Å². The van der Waals surface area contributed by atoms with Crippen molar-refractivity contribution in [3.63, 3.8) is 0 Å². The van der Waals surface area contributed by atoms with Crippen molar-refractivity contribution in [3.05, 3.63) is 0 Å². The number of nitrogens with one attached hydrogen (secondary N) is 2. The van der Waals surface area contributed by atoms with Gasteiger partial charge in [0.1, 0.15) is 0 Å². The minimum atomic E-state index is 0.333. The van der Waals surface area contributed by atoms with E-state index in [1.165, 1.54) is 6.42 Å². The molecule has 1 aromatic rings. The topological polar surface area (TPSA) is 88.8 Å². The number of hydrogen-bond donors (Lipinski definition) is 3. The summed E-state index contributed by atoms with van der Waals surface area (Å²) in [6.45, 7) is 0. The summed E-state index contributed by atoms with van der Waals surface area (Å²) in [7, 11) is 0. The molecule has 0 saturated carbocycles. The lowest BCUT2D eigenvalue weighted by Crippen LogP contribution is -2.30. The lowest BCUT2D eigenvalue weighted by Gasteiger charge is -2.18. The predicted octanol–water partition coefficient (Wildman–Crippen LogP) is 0.119. The van der Waals surface area contributed by atoms with Crippen LogP contribution < -0.4 is 11.1 Å². The van der Waals surface area contributed by atoms with Crippen molar-refractivity contribution >= 4 is 11.9 Å². The number of hydrogen-bond acceptors (Lipinski definition) is 5. The van der Waals surface area contributed by atoms with Crippen LogP contribution in [0.15, 0.2) is 0 Å². The number of H-pyrrole nitrogens is 1. The van der Waals surface area contributed by atoms with Gasteiger partial charge in [-0.2, -0.15) is 4.98 Å². The first-order valence-corrected chi connectivity index (χ1v) is 4.91. The maximum absolute atomic E-state index is 5.70. The maximum atomic E-state index is 5.70. The average Bonchev–Trinajstić information content (AvgIpc) is 2.82. The van der Waals surface area contributed by atoms with E-state index in [2.05, 4.69) is 20.5 Å². The Morgan fingerprint density at radius 3 is 3.00 bits per heavy atom. The molecule has 0 spiro atoms. The summed E-state index contributed by atoms with van der Waals surface area (Å²) >= 11 is 0. The van der Waals surface area contributed by atoms with Gasteiger partial charge in [0.05, 0.1) is 18.2 Å². The fourth-order valence-corrected chi connectivity index (χ4v) is 2.29. The molecular formula is C8H13N5O. The predicted molar refractivity (Wildman–Crippen MR) is 50.7 cm³/mol. The molecular weight excluding hydrogens is 182 g/mol. The van der Waals surface area contributed by atoms with Crippen molar-refractivity contribution in [1.29, 1.82) is 0 Å². The van der Waals surface area contributed by atoms with E-state index in [4.69, 9.17) is 10.5 Å². The summed E-state index contributed by atoms with van der Waals surface area (Å²) in [5.41, 5.74) is 5.43. The van der Waals surface area contributed by atoms with Crippen molar-refractivity contribution in [2.45, 2.75) is 37.5 Å². The number of anilines is 2. The lowest BCUT2D eigenvalue weighted by molar-refractivity contribution is 0.102. The highest BCUT2D eigenvalue weighted by Gasteiger charge is 2.41. The quantitative estimate of drug-likeness (QED) is 0.623. The molecule has 3 atom stereocenters. The van der Waals surface area contributed by atoms with E-state index in [1.807, 2.05) is 0 Å². The molecule has 1 aromatic heterocycles. The zero-order valence-corrected chi connectivity index (χ0v) is 7.73. The van der Waals surface area contributed by atoms with E-state index >= 15 is 0 Å². The van der Waals surface area contributed by atoms with Crippen LogP contribution >= 0.6 is 0 Å². The van der Waals surface area contributed by atoms with Gasteiger partial charge in [0.25, 0.3) is 0 Å². The van der Waals surface area contributed by atoms with Crippen LogP contribution in [-0.2, 0) is 4.74 Å². The molecule has 0 radical (unpaired) electrons. The minimum absolute atomic E-state index is 0.333. The Bertz CT molecular complexity index is 338. The van der Waals surface area contributed by atoms with Gasteiger partial charge < -0.3 is 15.8 Å². The summed E-state index contributed by atoms with van der Waals surface area (Å²) in [5.74, 6) is 0.917. The normalized spacial score (nSPS) is 35.0. The molecule has 3 rings (SSSR count). The van der Waals surface area contributed by atoms with Gasteiger partial charge in [0.15, 0.2) is 0 Å². The molecule has 4 N–H and O–H groups in total. The van der Waals surface area contributed by atoms with Crippen molar-refractivity contribution in [2.75, 3.05) is 11.1 Å². The van der Waals surface area contributed by atoms with Gasteiger partial charge in [0, 0.05) is 0 Å². The van der Waals surface area contributed by atoms with Crippen LogP contribution in [0.2, 0.25) is 0 Å². The van der Waals surface area contributed by atoms with Gasteiger partial charge in [0.2, 0.25) is 11.9 Å². The Kier molecular flexibility index (Phi) is 1.63. The first-order chi connectivity index (χ1) is 6.81. The highest BCUT2D eigenvalue weighted by Crippen LogP contribution is 2.35. The van der Waals surface area contributed by atoms with E-state index < -0.39 is 0 Å². The summed E-state index contributed by atoms with van der Waals surface area (Å²) < 4.78 is 5.70. The highest BCUT2D eigenvalue weighted by atomic mass is 16.5. The summed E-state index contributed by atoms with van der Waals surface area (Å²) in [6.07, 6.45) is 4.16. The summed E-state index contributed by atoms with van der Waals surface area (Å²) in [6, 6.07) is 0.351. The van der Waals surface area contributed by atoms with Crippen LogP contribution in [0.3, 0.4) is 0 Å². The van der Waals surface area contributed by atoms with E-state index in [-0.39, 0.29) is 0 Å². The zero-order valence-electron chi connectivity index (χ0n) is 7.73. The minimum Gasteiger partial charge on any atom is -0.373 e. The standard InChI is InChI=1S/C8H13N5O/c9-7-11-8(13-12-7)10-5-3-4-1-2-6(5)14-4/h4-6H,1-3H2,(H4,9,10,11,12,13). The van der Waals surface area contributed by atoms with Crippen LogP contribution in [0.4, 0.5) is 11.9 Å². The third kappa shape index (κ3) is 1.22. The number of nitrogens with two attached hydrogens (primary N) is 1. The zero-order chi connectivity index (χ0) is 9.54. The average molecular weight is 195 g/mol. The fraction of sp³-hybridized carbons (Fsp3) is 0.750. The number of aromatic amines is 1. The van der Waals surface area contributed by atoms with Gasteiger partial charge in [-0.15, -0.1) is 5.10 Å². The maximum Gasteiger partial charge on any atom is 0.243 e. The van der Waals surface area contributed by atoms with Crippen molar-refractivity contribution < 1.29 is 4.74 Å². The second-order valence-corrected chi connectivity index (χ2v) is 3.90. The molecule has 14 heavy (non-hydrogen) atoms. The molecule has 2 saturated heterocycles. The van der Waals surface area contributed by atoms with Crippen LogP contribution in [0.5, 0.6) is 0 Å². The molecule has 2 aliphatic rings. The monoisotopic (exact) mass is 195 g/mol.